The second kappa shape index (κ2) is 9.28. The molecule has 0 spiro atoms. The SMILES string of the molecule is CCCCNC[C@H](O)c1ccc(F)cc1OCc1ccccc1. The molecular weight excluding hydrogens is 293 g/mol. The van der Waals surface area contributed by atoms with E-state index in [1.54, 1.807) is 6.07 Å². The molecule has 0 aliphatic rings. The van der Waals surface area contributed by atoms with Crippen molar-refractivity contribution in [3.63, 3.8) is 0 Å². The van der Waals surface area contributed by atoms with Crippen LogP contribution >= 0.6 is 0 Å². The molecule has 1 atom stereocenters. The van der Waals surface area contributed by atoms with Crippen molar-refractivity contribution in [1.29, 1.82) is 0 Å². The number of rotatable bonds is 9. The molecule has 0 aliphatic heterocycles. The number of aliphatic hydroxyl groups excluding tert-OH is 1. The van der Waals surface area contributed by atoms with Crippen molar-refractivity contribution in [1.82, 2.24) is 5.32 Å². The number of aliphatic hydroxyl groups is 1. The summed E-state index contributed by atoms with van der Waals surface area (Å²) in [7, 11) is 0. The van der Waals surface area contributed by atoms with Crippen LogP contribution < -0.4 is 10.1 Å². The Morgan fingerprint density at radius 3 is 2.70 bits per heavy atom. The fraction of sp³-hybridized carbons (Fsp3) is 0.368. The molecular formula is C19H24FNO2. The molecule has 0 amide bonds. The summed E-state index contributed by atoms with van der Waals surface area (Å²) < 4.78 is 19.2. The Bertz CT molecular complexity index is 589. The lowest BCUT2D eigenvalue weighted by molar-refractivity contribution is 0.167. The molecule has 4 heteroatoms. The fourth-order valence-corrected chi connectivity index (χ4v) is 2.29. The van der Waals surface area contributed by atoms with Crippen molar-refractivity contribution >= 4 is 0 Å². The van der Waals surface area contributed by atoms with Gasteiger partial charge in [0.05, 0.1) is 6.10 Å². The molecule has 0 bridgehead atoms. The molecule has 0 radical (unpaired) electrons. The van der Waals surface area contributed by atoms with E-state index in [9.17, 15) is 9.50 Å². The molecule has 23 heavy (non-hydrogen) atoms. The van der Waals surface area contributed by atoms with Crippen LogP contribution in [0.15, 0.2) is 48.5 Å². The summed E-state index contributed by atoms with van der Waals surface area (Å²) in [6.07, 6.45) is 1.44. The maximum Gasteiger partial charge on any atom is 0.128 e. The predicted molar refractivity (Wildman–Crippen MR) is 89.9 cm³/mol. The van der Waals surface area contributed by atoms with Crippen LogP contribution in [0.3, 0.4) is 0 Å². The van der Waals surface area contributed by atoms with Gasteiger partial charge in [0.2, 0.25) is 0 Å². The fourth-order valence-electron chi connectivity index (χ4n) is 2.29. The quantitative estimate of drug-likeness (QED) is 0.691. The molecule has 2 N–H and O–H groups in total. The van der Waals surface area contributed by atoms with Gasteiger partial charge in [0.25, 0.3) is 0 Å². The van der Waals surface area contributed by atoms with E-state index in [-0.39, 0.29) is 5.82 Å². The van der Waals surface area contributed by atoms with Crippen molar-refractivity contribution in [2.24, 2.45) is 0 Å². The molecule has 0 heterocycles. The minimum atomic E-state index is -0.724. The van der Waals surface area contributed by atoms with E-state index in [0.29, 0.717) is 24.5 Å². The van der Waals surface area contributed by atoms with Crippen LogP contribution in [-0.4, -0.2) is 18.2 Å². The highest BCUT2D eigenvalue weighted by molar-refractivity contribution is 5.36. The van der Waals surface area contributed by atoms with Crippen LogP contribution in [0, 0.1) is 5.82 Å². The van der Waals surface area contributed by atoms with Gasteiger partial charge in [0.15, 0.2) is 0 Å². The Morgan fingerprint density at radius 2 is 1.96 bits per heavy atom. The minimum Gasteiger partial charge on any atom is -0.488 e. The number of benzene rings is 2. The molecule has 0 unspecified atom stereocenters. The number of unbranched alkanes of at least 4 members (excludes halogenated alkanes) is 1. The first-order valence-electron chi connectivity index (χ1n) is 8.05. The summed E-state index contributed by atoms with van der Waals surface area (Å²) in [6.45, 7) is 3.74. The van der Waals surface area contributed by atoms with Crippen LogP contribution in [0.25, 0.3) is 0 Å². The lowest BCUT2D eigenvalue weighted by Gasteiger charge is -2.17. The van der Waals surface area contributed by atoms with Crippen LogP contribution in [0.5, 0.6) is 5.75 Å². The van der Waals surface area contributed by atoms with Gasteiger partial charge in [-0.2, -0.15) is 0 Å². The summed E-state index contributed by atoms with van der Waals surface area (Å²) in [5.41, 5.74) is 1.60. The number of hydrogen-bond acceptors (Lipinski definition) is 3. The lowest BCUT2D eigenvalue weighted by Crippen LogP contribution is -2.22. The Labute approximate surface area is 137 Å². The Morgan fingerprint density at radius 1 is 1.17 bits per heavy atom. The smallest absolute Gasteiger partial charge is 0.128 e. The predicted octanol–water partition coefficient (Wildman–Crippen LogP) is 3.83. The highest BCUT2D eigenvalue weighted by Crippen LogP contribution is 2.27. The number of ether oxygens (including phenoxy) is 1. The van der Waals surface area contributed by atoms with Crippen molar-refractivity contribution in [2.45, 2.75) is 32.5 Å². The average molecular weight is 317 g/mol. The number of hydrogen-bond donors (Lipinski definition) is 2. The molecule has 2 rings (SSSR count). The molecule has 0 saturated carbocycles. The Balaban J connectivity index is 2.01. The Kier molecular flexibility index (Phi) is 7.04. The number of nitrogens with one attached hydrogen (secondary N) is 1. The monoisotopic (exact) mass is 317 g/mol. The van der Waals surface area contributed by atoms with Crippen molar-refractivity contribution in [3.05, 3.63) is 65.5 Å². The summed E-state index contributed by atoms with van der Waals surface area (Å²) in [5.74, 6) is 0.0154. The second-order valence-electron chi connectivity index (χ2n) is 5.53. The number of halogens is 1. The largest absolute Gasteiger partial charge is 0.488 e. The van der Waals surface area contributed by atoms with Crippen LogP contribution in [-0.2, 0) is 6.61 Å². The van der Waals surface area contributed by atoms with Crippen molar-refractivity contribution in [2.75, 3.05) is 13.1 Å². The minimum absolute atomic E-state index is 0.341. The van der Waals surface area contributed by atoms with E-state index in [2.05, 4.69) is 12.2 Å². The first kappa shape index (κ1) is 17.4. The van der Waals surface area contributed by atoms with Gasteiger partial charge in [-0.3, -0.25) is 0 Å². The van der Waals surface area contributed by atoms with Gasteiger partial charge in [-0.05, 0) is 30.7 Å². The van der Waals surface area contributed by atoms with Gasteiger partial charge in [0, 0.05) is 18.2 Å². The first-order chi connectivity index (χ1) is 11.2. The van der Waals surface area contributed by atoms with E-state index in [4.69, 9.17) is 4.74 Å². The summed E-state index contributed by atoms with van der Waals surface area (Å²) in [5, 5.41) is 13.5. The summed E-state index contributed by atoms with van der Waals surface area (Å²) in [4.78, 5) is 0. The molecule has 2 aromatic rings. The third-order valence-corrected chi connectivity index (χ3v) is 3.62. The van der Waals surface area contributed by atoms with E-state index in [1.807, 2.05) is 30.3 Å². The van der Waals surface area contributed by atoms with E-state index in [1.165, 1.54) is 12.1 Å². The molecule has 0 fully saturated rings. The highest BCUT2D eigenvalue weighted by Gasteiger charge is 2.14. The molecule has 0 aliphatic carbocycles. The normalized spacial score (nSPS) is 12.1. The van der Waals surface area contributed by atoms with Gasteiger partial charge in [-0.15, -0.1) is 0 Å². The van der Waals surface area contributed by atoms with Crippen LogP contribution in [0.1, 0.15) is 37.0 Å². The lowest BCUT2D eigenvalue weighted by atomic mass is 10.1. The zero-order chi connectivity index (χ0) is 16.5. The van der Waals surface area contributed by atoms with Crippen LogP contribution in [0.4, 0.5) is 4.39 Å². The van der Waals surface area contributed by atoms with Crippen LogP contribution in [0.2, 0.25) is 0 Å². The molecule has 2 aromatic carbocycles. The topological polar surface area (TPSA) is 41.5 Å². The van der Waals surface area contributed by atoms with Gasteiger partial charge < -0.3 is 15.2 Å². The second-order valence-corrected chi connectivity index (χ2v) is 5.53. The zero-order valence-electron chi connectivity index (χ0n) is 13.5. The van der Waals surface area contributed by atoms with Gasteiger partial charge in [-0.25, -0.2) is 4.39 Å². The van der Waals surface area contributed by atoms with E-state index in [0.717, 1.165) is 24.9 Å². The standard InChI is InChI=1S/C19H24FNO2/c1-2-3-11-21-13-18(22)17-10-9-16(20)12-19(17)23-14-15-7-5-4-6-8-15/h4-10,12,18,21-22H,2-3,11,13-14H2,1H3/t18-/m0/s1. The summed E-state index contributed by atoms with van der Waals surface area (Å²) >= 11 is 0. The molecule has 3 nitrogen and oxygen atoms in total. The summed E-state index contributed by atoms with van der Waals surface area (Å²) in [6, 6.07) is 13.9. The third kappa shape index (κ3) is 5.66. The molecule has 124 valence electrons. The van der Waals surface area contributed by atoms with Crippen molar-refractivity contribution in [3.8, 4) is 5.75 Å². The van der Waals surface area contributed by atoms with Gasteiger partial charge >= 0.3 is 0 Å². The maximum atomic E-state index is 13.5. The Hall–Kier alpha value is -1.91. The average Bonchev–Trinajstić information content (AvgIpc) is 2.58. The highest BCUT2D eigenvalue weighted by atomic mass is 19.1. The van der Waals surface area contributed by atoms with E-state index < -0.39 is 6.10 Å². The first-order valence-corrected chi connectivity index (χ1v) is 8.05. The zero-order valence-corrected chi connectivity index (χ0v) is 13.5. The molecule has 0 aromatic heterocycles. The third-order valence-electron chi connectivity index (χ3n) is 3.62. The molecule has 0 saturated heterocycles. The maximum absolute atomic E-state index is 13.5. The van der Waals surface area contributed by atoms with Gasteiger partial charge in [0.1, 0.15) is 18.2 Å². The van der Waals surface area contributed by atoms with Crippen molar-refractivity contribution < 1.29 is 14.2 Å². The van der Waals surface area contributed by atoms with Gasteiger partial charge in [-0.1, -0.05) is 43.7 Å². The van der Waals surface area contributed by atoms with E-state index >= 15 is 0 Å².